The molecule has 0 saturated carbocycles. The Morgan fingerprint density at radius 3 is 2.74 bits per heavy atom. The summed E-state index contributed by atoms with van der Waals surface area (Å²) in [7, 11) is 0. The minimum Gasteiger partial charge on any atom is -0.452 e. The molecule has 4 nitrogen and oxygen atoms in total. The third kappa shape index (κ3) is 2.41. The number of benzene rings is 1. The molecule has 0 bridgehead atoms. The summed E-state index contributed by atoms with van der Waals surface area (Å²) >= 11 is 0. The van der Waals surface area contributed by atoms with Gasteiger partial charge in [-0.3, -0.25) is 4.90 Å². The van der Waals surface area contributed by atoms with E-state index < -0.39 is 12.2 Å². The molecule has 1 aromatic rings. The van der Waals surface area contributed by atoms with Crippen molar-refractivity contribution >= 4 is 5.97 Å². The lowest BCUT2D eigenvalue weighted by atomic mass is 10.1. The Kier molecular flexibility index (Phi) is 3.12. The zero-order valence-electron chi connectivity index (χ0n) is 10.8. The van der Waals surface area contributed by atoms with Crippen molar-refractivity contribution in [2.75, 3.05) is 6.54 Å². The summed E-state index contributed by atoms with van der Waals surface area (Å²) < 4.78 is 5.03. The van der Waals surface area contributed by atoms with E-state index in [0.717, 1.165) is 6.54 Å². The van der Waals surface area contributed by atoms with Gasteiger partial charge in [0.25, 0.3) is 0 Å². The van der Waals surface area contributed by atoms with E-state index in [1.165, 1.54) is 11.6 Å². The van der Waals surface area contributed by atoms with Gasteiger partial charge in [-0.05, 0) is 18.6 Å². The summed E-state index contributed by atoms with van der Waals surface area (Å²) in [6.07, 6.45) is 1.87. The number of esters is 1. The Balaban J connectivity index is 1.62. The second-order valence-corrected chi connectivity index (χ2v) is 5.10. The van der Waals surface area contributed by atoms with Gasteiger partial charge in [-0.1, -0.05) is 30.3 Å². The molecular formula is C15H17NO3. The van der Waals surface area contributed by atoms with E-state index in [4.69, 9.17) is 4.74 Å². The third-order valence-corrected chi connectivity index (χ3v) is 3.87. The lowest BCUT2D eigenvalue weighted by molar-refractivity contribution is -0.142. The zero-order chi connectivity index (χ0) is 13.4. The van der Waals surface area contributed by atoms with Crippen molar-refractivity contribution in [2.24, 2.45) is 0 Å². The van der Waals surface area contributed by atoms with E-state index in [9.17, 15) is 9.90 Å². The van der Waals surface area contributed by atoms with Gasteiger partial charge in [0, 0.05) is 18.7 Å². The molecule has 4 heteroatoms. The summed E-state index contributed by atoms with van der Waals surface area (Å²) in [6.45, 7) is 2.96. The maximum Gasteiger partial charge on any atom is 0.331 e. The van der Waals surface area contributed by atoms with Crippen molar-refractivity contribution in [1.82, 2.24) is 4.90 Å². The first-order chi connectivity index (χ1) is 9.16. The van der Waals surface area contributed by atoms with E-state index >= 15 is 0 Å². The van der Waals surface area contributed by atoms with Crippen molar-refractivity contribution in [3.8, 4) is 0 Å². The van der Waals surface area contributed by atoms with Crippen LogP contribution in [0.15, 0.2) is 42.5 Å². The molecule has 1 unspecified atom stereocenters. The first-order valence-corrected chi connectivity index (χ1v) is 6.54. The van der Waals surface area contributed by atoms with E-state index in [0.29, 0.717) is 0 Å². The van der Waals surface area contributed by atoms with Gasteiger partial charge in [-0.25, -0.2) is 4.79 Å². The molecule has 0 spiro atoms. The highest BCUT2D eigenvalue weighted by molar-refractivity contribution is 5.84. The fraction of sp³-hybridized carbons (Fsp3) is 0.400. The summed E-state index contributed by atoms with van der Waals surface area (Å²) in [4.78, 5) is 13.2. The Morgan fingerprint density at radius 1 is 1.37 bits per heavy atom. The van der Waals surface area contributed by atoms with E-state index in [-0.39, 0.29) is 18.1 Å². The number of hydrogen-bond acceptors (Lipinski definition) is 4. The number of ether oxygens (including phenoxy) is 1. The second kappa shape index (κ2) is 4.79. The number of rotatable bonds is 4. The standard InChI is InChI=1S/C15H17NO3/c1-10(11-5-3-2-4-6-11)16-9-12(16)15(18)13-7-8-14(17)19-13/h2-8,10,12-13,15,18H,9H2,1H3/t10-,12+,13+,15-,16?/m0/s1. The van der Waals surface area contributed by atoms with Crippen LogP contribution in [0.1, 0.15) is 18.5 Å². The monoisotopic (exact) mass is 259 g/mol. The van der Waals surface area contributed by atoms with E-state index in [1.54, 1.807) is 6.08 Å². The van der Waals surface area contributed by atoms with Crippen molar-refractivity contribution < 1.29 is 14.6 Å². The minimum absolute atomic E-state index is 0.0655. The SMILES string of the molecule is C[C@@H](c1ccccc1)N1C[C@@H]1[C@H](O)[C@H]1C=CC(=O)O1. The number of aliphatic hydroxyl groups is 1. The summed E-state index contributed by atoms with van der Waals surface area (Å²) in [6, 6.07) is 10.5. The fourth-order valence-electron chi connectivity index (χ4n) is 2.63. The number of nitrogens with zero attached hydrogens (tertiary/aromatic N) is 1. The lowest BCUT2D eigenvalue weighted by Crippen LogP contribution is -2.33. The van der Waals surface area contributed by atoms with Crippen molar-refractivity contribution in [3.63, 3.8) is 0 Å². The van der Waals surface area contributed by atoms with Gasteiger partial charge in [0.05, 0.1) is 6.04 Å². The average molecular weight is 259 g/mol. The summed E-state index contributed by atoms with van der Waals surface area (Å²) in [5, 5.41) is 10.2. The minimum atomic E-state index is -0.645. The molecule has 2 aliphatic rings. The van der Waals surface area contributed by atoms with Crippen LogP contribution in [0.5, 0.6) is 0 Å². The van der Waals surface area contributed by atoms with Crippen LogP contribution in [-0.2, 0) is 9.53 Å². The number of aliphatic hydroxyl groups excluding tert-OH is 1. The molecule has 1 saturated heterocycles. The molecule has 2 heterocycles. The Morgan fingerprint density at radius 2 is 2.11 bits per heavy atom. The van der Waals surface area contributed by atoms with Crippen LogP contribution in [0.25, 0.3) is 0 Å². The van der Waals surface area contributed by atoms with Gasteiger partial charge in [0.15, 0.2) is 0 Å². The molecule has 1 fully saturated rings. The van der Waals surface area contributed by atoms with Gasteiger partial charge in [-0.15, -0.1) is 0 Å². The molecule has 100 valence electrons. The Hall–Kier alpha value is -1.65. The highest BCUT2D eigenvalue weighted by atomic mass is 16.6. The smallest absolute Gasteiger partial charge is 0.331 e. The summed E-state index contributed by atoms with van der Waals surface area (Å²) in [5.41, 5.74) is 1.23. The highest BCUT2D eigenvalue weighted by Gasteiger charge is 2.47. The summed E-state index contributed by atoms with van der Waals surface area (Å²) in [5.74, 6) is -0.368. The van der Waals surface area contributed by atoms with Crippen LogP contribution in [-0.4, -0.2) is 40.8 Å². The third-order valence-electron chi connectivity index (χ3n) is 3.87. The lowest BCUT2D eigenvalue weighted by Gasteiger charge is -2.19. The number of carbonyl (C=O) groups excluding carboxylic acids is 1. The largest absolute Gasteiger partial charge is 0.452 e. The van der Waals surface area contributed by atoms with Crippen LogP contribution in [0.4, 0.5) is 0 Å². The maximum atomic E-state index is 11.0. The molecule has 0 aliphatic carbocycles. The van der Waals surface area contributed by atoms with Gasteiger partial charge in [0.2, 0.25) is 0 Å². The molecule has 19 heavy (non-hydrogen) atoms. The van der Waals surface area contributed by atoms with Gasteiger partial charge >= 0.3 is 5.97 Å². The van der Waals surface area contributed by atoms with Crippen molar-refractivity contribution in [3.05, 3.63) is 48.0 Å². The zero-order valence-corrected chi connectivity index (χ0v) is 10.8. The van der Waals surface area contributed by atoms with Crippen molar-refractivity contribution in [1.29, 1.82) is 0 Å². The van der Waals surface area contributed by atoms with Gasteiger partial charge in [-0.2, -0.15) is 0 Å². The van der Waals surface area contributed by atoms with Crippen LogP contribution >= 0.6 is 0 Å². The Bertz CT molecular complexity index is 499. The molecule has 2 aliphatic heterocycles. The number of cyclic esters (lactones) is 1. The van der Waals surface area contributed by atoms with Gasteiger partial charge < -0.3 is 9.84 Å². The van der Waals surface area contributed by atoms with Gasteiger partial charge in [0.1, 0.15) is 12.2 Å². The number of carbonyl (C=O) groups is 1. The first kappa shape index (κ1) is 12.4. The second-order valence-electron chi connectivity index (χ2n) is 5.10. The number of hydrogen-bond donors (Lipinski definition) is 1. The first-order valence-electron chi connectivity index (χ1n) is 6.54. The van der Waals surface area contributed by atoms with Crippen LogP contribution in [0, 0.1) is 0 Å². The fourth-order valence-corrected chi connectivity index (χ4v) is 2.63. The molecule has 1 N–H and O–H groups in total. The molecular weight excluding hydrogens is 242 g/mol. The molecule has 1 aromatic carbocycles. The predicted molar refractivity (Wildman–Crippen MR) is 70.4 cm³/mol. The highest BCUT2D eigenvalue weighted by Crippen LogP contribution is 2.35. The molecule has 0 aromatic heterocycles. The average Bonchev–Trinajstić information content (AvgIpc) is 3.13. The van der Waals surface area contributed by atoms with Crippen LogP contribution in [0.2, 0.25) is 0 Å². The maximum absolute atomic E-state index is 11.0. The molecule has 0 amide bonds. The normalized spacial score (nSPS) is 31.9. The predicted octanol–water partition coefficient (Wildman–Crippen LogP) is 1.27. The van der Waals surface area contributed by atoms with E-state index in [1.807, 2.05) is 18.2 Å². The van der Waals surface area contributed by atoms with Crippen molar-refractivity contribution in [2.45, 2.75) is 31.2 Å². The molecule has 5 atom stereocenters. The van der Waals surface area contributed by atoms with Crippen LogP contribution < -0.4 is 0 Å². The topological polar surface area (TPSA) is 49.5 Å². The van der Waals surface area contributed by atoms with E-state index in [2.05, 4.69) is 24.0 Å². The quantitative estimate of drug-likeness (QED) is 0.653. The molecule has 3 rings (SSSR count). The van der Waals surface area contributed by atoms with Crippen LogP contribution in [0.3, 0.4) is 0 Å². The molecule has 0 radical (unpaired) electrons. The Labute approximate surface area is 112 Å².